The first kappa shape index (κ1) is 10.2. The fourth-order valence-corrected chi connectivity index (χ4v) is 0.986. The van der Waals surface area contributed by atoms with Crippen molar-refractivity contribution in [3.8, 4) is 0 Å². The molecule has 0 aliphatic heterocycles. The summed E-state index contributed by atoms with van der Waals surface area (Å²) in [5, 5.41) is 2.67. The van der Waals surface area contributed by atoms with E-state index in [1.165, 1.54) is 4.90 Å². The highest BCUT2D eigenvalue weighted by Crippen LogP contribution is 2.04. The molecular formula is C10H12N2O2. The van der Waals surface area contributed by atoms with Crippen LogP contribution in [0.1, 0.15) is 0 Å². The maximum atomic E-state index is 11.3. The third-order valence-electron chi connectivity index (χ3n) is 1.63. The third-order valence-corrected chi connectivity index (χ3v) is 1.63. The fourth-order valence-electron chi connectivity index (χ4n) is 0.986. The van der Waals surface area contributed by atoms with Crippen LogP contribution in [0.3, 0.4) is 0 Å². The molecule has 74 valence electrons. The Morgan fingerprint density at radius 2 is 2.07 bits per heavy atom. The Labute approximate surface area is 82.5 Å². The minimum atomic E-state index is -0.203. The van der Waals surface area contributed by atoms with E-state index < -0.39 is 0 Å². The number of likely N-dealkylation sites (N-methyl/N-ethyl adjacent to an activating group) is 1. The van der Waals surface area contributed by atoms with Gasteiger partial charge in [0.25, 0.3) is 0 Å². The normalized spacial score (nSPS) is 9.21. The second-order valence-corrected chi connectivity index (χ2v) is 2.93. The van der Waals surface area contributed by atoms with Crippen LogP contribution >= 0.6 is 0 Å². The van der Waals surface area contributed by atoms with Crippen LogP contribution in [0.25, 0.3) is 0 Å². The molecule has 1 aromatic carbocycles. The van der Waals surface area contributed by atoms with Crippen LogP contribution in [0, 0.1) is 0 Å². The fraction of sp³-hybridized carbons (Fsp3) is 0.200. The van der Waals surface area contributed by atoms with E-state index in [1.807, 2.05) is 18.2 Å². The van der Waals surface area contributed by atoms with Crippen LogP contribution in [0.2, 0.25) is 0 Å². The lowest BCUT2D eigenvalue weighted by atomic mass is 10.3. The molecule has 1 rings (SSSR count). The molecule has 0 spiro atoms. The summed E-state index contributed by atoms with van der Waals surface area (Å²) in [4.78, 5) is 22.8. The van der Waals surface area contributed by atoms with Crippen LogP contribution in [0.5, 0.6) is 0 Å². The number of rotatable bonds is 4. The number of benzene rings is 1. The summed E-state index contributed by atoms with van der Waals surface area (Å²) in [6.45, 7) is 0.0679. The lowest BCUT2D eigenvalue weighted by Gasteiger charge is -2.10. The molecule has 0 aliphatic rings. The maximum Gasteiger partial charge on any atom is 0.243 e. The number of hydrogen-bond acceptors (Lipinski definition) is 2. The van der Waals surface area contributed by atoms with E-state index in [9.17, 15) is 9.59 Å². The molecule has 0 saturated carbocycles. The highest BCUT2D eigenvalue weighted by atomic mass is 16.2. The second-order valence-electron chi connectivity index (χ2n) is 2.93. The summed E-state index contributed by atoms with van der Waals surface area (Å²) < 4.78 is 0. The number of carbonyl (C=O) groups is 2. The Morgan fingerprint density at radius 3 is 2.64 bits per heavy atom. The molecule has 0 aliphatic carbocycles. The van der Waals surface area contributed by atoms with Gasteiger partial charge in [-0.1, -0.05) is 18.2 Å². The minimum absolute atomic E-state index is 0.0679. The van der Waals surface area contributed by atoms with Crippen LogP contribution in [0.15, 0.2) is 30.3 Å². The smallest absolute Gasteiger partial charge is 0.243 e. The number of hydrogen-bond donors (Lipinski definition) is 1. The van der Waals surface area contributed by atoms with E-state index in [0.29, 0.717) is 6.41 Å². The zero-order valence-electron chi connectivity index (χ0n) is 7.93. The third kappa shape index (κ3) is 3.26. The number of nitrogens with zero attached hydrogens (tertiary/aromatic N) is 1. The summed E-state index contributed by atoms with van der Waals surface area (Å²) in [7, 11) is 1.55. The topological polar surface area (TPSA) is 49.4 Å². The number of nitrogens with one attached hydrogen (secondary N) is 1. The monoisotopic (exact) mass is 192 g/mol. The first-order valence-corrected chi connectivity index (χ1v) is 4.23. The van der Waals surface area contributed by atoms with Gasteiger partial charge in [0.15, 0.2) is 0 Å². The molecular weight excluding hydrogens is 180 g/mol. The van der Waals surface area contributed by atoms with Crippen LogP contribution in [0.4, 0.5) is 5.69 Å². The largest absolute Gasteiger partial charge is 0.339 e. The average Bonchev–Trinajstić information content (AvgIpc) is 2.19. The van der Waals surface area contributed by atoms with Gasteiger partial charge < -0.3 is 10.2 Å². The highest BCUT2D eigenvalue weighted by Gasteiger charge is 2.03. The predicted octanol–water partition coefficient (Wildman–Crippen LogP) is 0.713. The first-order valence-electron chi connectivity index (χ1n) is 4.23. The maximum absolute atomic E-state index is 11.3. The van der Waals surface area contributed by atoms with Crippen LogP contribution < -0.4 is 5.32 Å². The van der Waals surface area contributed by atoms with E-state index in [4.69, 9.17) is 0 Å². The Hall–Kier alpha value is -1.84. The van der Waals surface area contributed by atoms with Crippen molar-refractivity contribution in [2.24, 2.45) is 0 Å². The van der Waals surface area contributed by atoms with Crippen molar-refractivity contribution in [1.29, 1.82) is 0 Å². The second kappa shape index (κ2) is 5.01. The molecule has 2 amide bonds. The molecule has 1 N–H and O–H groups in total. The summed E-state index contributed by atoms with van der Waals surface area (Å²) >= 11 is 0. The molecule has 0 unspecified atom stereocenters. The van der Waals surface area contributed by atoms with Gasteiger partial charge in [-0.3, -0.25) is 9.59 Å². The number of carbonyl (C=O) groups excluding carboxylic acids is 2. The van der Waals surface area contributed by atoms with Gasteiger partial charge in [-0.05, 0) is 12.1 Å². The SMILES string of the molecule is CN(C=O)CC(=O)Nc1ccccc1. The molecule has 0 bridgehead atoms. The molecule has 4 heteroatoms. The average molecular weight is 192 g/mol. The Morgan fingerprint density at radius 1 is 1.43 bits per heavy atom. The summed E-state index contributed by atoms with van der Waals surface area (Å²) in [6, 6.07) is 9.11. The lowest BCUT2D eigenvalue weighted by Crippen LogP contribution is -2.28. The van der Waals surface area contributed by atoms with E-state index in [2.05, 4.69) is 5.32 Å². The summed E-state index contributed by atoms with van der Waals surface area (Å²) in [5.41, 5.74) is 0.733. The van der Waals surface area contributed by atoms with Crippen molar-refractivity contribution >= 4 is 18.0 Å². The lowest BCUT2D eigenvalue weighted by molar-refractivity contribution is -0.124. The van der Waals surface area contributed by atoms with Crippen molar-refractivity contribution in [2.45, 2.75) is 0 Å². The van der Waals surface area contributed by atoms with Crippen molar-refractivity contribution in [2.75, 3.05) is 18.9 Å². The first-order chi connectivity index (χ1) is 6.72. The zero-order valence-corrected chi connectivity index (χ0v) is 7.93. The van der Waals surface area contributed by atoms with E-state index in [-0.39, 0.29) is 12.5 Å². The van der Waals surface area contributed by atoms with E-state index >= 15 is 0 Å². The molecule has 0 heterocycles. The molecule has 0 aromatic heterocycles. The predicted molar refractivity (Wildman–Crippen MR) is 53.8 cm³/mol. The van der Waals surface area contributed by atoms with Gasteiger partial charge in [-0.2, -0.15) is 0 Å². The van der Waals surface area contributed by atoms with Crippen molar-refractivity contribution < 1.29 is 9.59 Å². The van der Waals surface area contributed by atoms with Crippen molar-refractivity contribution in [1.82, 2.24) is 4.90 Å². The number of para-hydroxylation sites is 1. The van der Waals surface area contributed by atoms with Gasteiger partial charge in [-0.25, -0.2) is 0 Å². The summed E-state index contributed by atoms with van der Waals surface area (Å²) in [6.07, 6.45) is 0.616. The Kier molecular flexibility index (Phi) is 3.67. The van der Waals surface area contributed by atoms with E-state index in [0.717, 1.165) is 5.69 Å². The Bertz CT molecular complexity index is 311. The van der Waals surface area contributed by atoms with Gasteiger partial charge in [0.1, 0.15) is 0 Å². The van der Waals surface area contributed by atoms with Gasteiger partial charge in [0.2, 0.25) is 12.3 Å². The quantitative estimate of drug-likeness (QED) is 0.714. The van der Waals surface area contributed by atoms with Crippen LogP contribution in [-0.4, -0.2) is 30.8 Å². The molecule has 4 nitrogen and oxygen atoms in total. The summed E-state index contributed by atoms with van der Waals surface area (Å²) in [5.74, 6) is -0.203. The molecule has 0 radical (unpaired) electrons. The van der Waals surface area contributed by atoms with Crippen molar-refractivity contribution in [3.05, 3.63) is 30.3 Å². The standard InChI is InChI=1S/C10H12N2O2/c1-12(8-13)7-10(14)11-9-5-3-2-4-6-9/h2-6,8H,7H2,1H3,(H,11,14). The van der Waals surface area contributed by atoms with Gasteiger partial charge in [0.05, 0.1) is 6.54 Å². The zero-order chi connectivity index (χ0) is 10.4. The van der Waals surface area contributed by atoms with E-state index in [1.54, 1.807) is 19.2 Å². The molecule has 1 aromatic rings. The van der Waals surface area contributed by atoms with Gasteiger partial charge in [0, 0.05) is 12.7 Å². The molecule has 0 saturated heterocycles. The number of anilines is 1. The van der Waals surface area contributed by atoms with Crippen molar-refractivity contribution in [3.63, 3.8) is 0 Å². The minimum Gasteiger partial charge on any atom is -0.339 e. The van der Waals surface area contributed by atoms with Gasteiger partial charge in [-0.15, -0.1) is 0 Å². The molecule has 14 heavy (non-hydrogen) atoms. The Balaban J connectivity index is 2.46. The van der Waals surface area contributed by atoms with Gasteiger partial charge >= 0.3 is 0 Å². The van der Waals surface area contributed by atoms with Crippen LogP contribution in [-0.2, 0) is 9.59 Å². The molecule has 0 fully saturated rings. The molecule has 0 atom stereocenters. The number of amides is 2. The highest BCUT2D eigenvalue weighted by molar-refractivity contribution is 5.92.